The molecule has 0 bridgehead atoms. The summed E-state index contributed by atoms with van der Waals surface area (Å²) in [6.07, 6.45) is -0.487. The molecule has 2 fully saturated rings. The van der Waals surface area contributed by atoms with Crippen molar-refractivity contribution in [2.45, 2.75) is 30.7 Å². The molecule has 2 rings (SSSR count). The average Bonchev–Trinajstić information content (AvgIpc) is 2.79. The van der Waals surface area contributed by atoms with Crippen molar-refractivity contribution in [2.24, 2.45) is 0 Å². The molecule has 1 amide bonds. The van der Waals surface area contributed by atoms with Crippen molar-refractivity contribution in [3.8, 4) is 0 Å². The zero-order chi connectivity index (χ0) is 10.3. The largest absolute Gasteiger partial charge is 0.335 e. The van der Waals surface area contributed by atoms with Crippen LogP contribution in [0.5, 0.6) is 0 Å². The fourth-order valence-electron chi connectivity index (χ4n) is 1.81. The van der Waals surface area contributed by atoms with E-state index in [9.17, 15) is 13.6 Å². The second kappa shape index (κ2) is 3.15. The first-order chi connectivity index (χ1) is 6.57. The molecule has 0 spiro atoms. The van der Waals surface area contributed by atoms with Gasteiger partial charge in [0.1, 0.15) is 6.17 Å². The van der Waals surface area contributed by atoms with Gasteiger partial charge in [-0.3, -0.25) is 4.79 Å². The maximum Gasteiger partial charge on any atom is 0.260 e. The van der Waals surface area contributed by atoms with Crippen molar-refractivity contribution in [3.63, 3.8) is 0 Å². The van der Waals surface area contributed by atoms with Crippen LogP contribution in [0, 0.1) is 0 Å². The zero-order valence-electron chi connectivity index (χ0n) is 8.09. The van der Waals surface area contributed by atoms with Crippen LogP contribution in [0.2, 0.25) is 0 Å². The van der Waals surface area contributed by atoms with Gasteiger partial charge in [-0.15, -0.1) is 0 Å². The van der Waals surface area contributed by atoms with Crippen molar-refractivity contribution < 1.29 is 13.6 Å². The third-order valence-corrected chi connectivity index (χ3v) is 2.98. The van der Waals surface area contributed by atoms with E-state index in [4.69, 9.17) is 0 Å². The van der Waals surface area contributed by atoms with E-state index in [-0.39, 0.29) is 19.1 Å². The molecule has 80 valence electrons. The third-order valence-electron chi connectivity index (χ3n) is 2.98. The van der Waals surface area contributed by atoms with Crippen LogP contribution in [-0.2, 0) is 4.79 Å². The first-order valence-electron chi connectivity index (χ1n) is 4.86. The van der Waals surface area contributed by atoms with E-state index < -0.39 is 17.7 Å². The molecule has 1 heterocycles. The molecular weight excluding hydrogens is 190 g/mol. The van der Waals surface area contributed by atoms with Crippen LogP contribution >= 0.6 is 0 Å². The summed E-state index contributed by atoms with van der Waals surface area (Å²) in [5.41, 5.74) is -1.66. The molecule has 1 aliphatic carbocycles. The minimum Gasteiger partial charge on any atom is -0.335 e. The van der Waals surface area contributed by atoms with Gasteiger partial charge >= 0.3 is 0 Å². The molecule has 0 unspecified atom stereocenters. The second-order valence-electron chi connectivity index (χ2n) is 4.09. The Kier molecular flexibility index (Phi) is 2.21. The van der Waals surface area contributed by atoms with Crippen molar-refractivity contribution >= 4 is 5.91 Å². The lowest BCUT2D eigenvalue weighted by atomic mass is 10.2. The number of halogens is 2. The highest BCUT2D eigenvalue weighted by atomic mass is 19.1. The normalized spacial score (nSPS) is 34.6. The first-order valence-corrected chi connectivity index (χ1v) is 4.86. The molecule has 0 aromatic heterocycles. The number of carbonyl (C=O) groups is 1. The molecule has 5 heteroatoms. The van der Waals surface area contributed by atoms with E-state index in [2.05, 4.69) is 5.32 Å². The van der Waals surface area contributed by atoms with Gasteiger partial charge in [0.05, 0.1) is 12.6 Å². The van der Waals surface area contributed by atoms with E-state index in [1.165, 1.54) is 4.90 Å². The number of carbonyl (C=O) groups excluding carboxylic acids is 1. The van der Waals surface area contributed by atoms with Gasteiger partial charge in [-0.25, -0.2) is 8.78 Å². The van der Waals surface area contributed by atoms with Crippen molar-refractivity contribution in [2.75, 3.05) is 20.1 Å². The van der Waals surface area contributed by atoms with E-state index in [1.54, 1.807) is 7.05 Å². The van der Waals surface area contributed by atoms with E-state index in [0.29, 0.717) is 12.8 Å². The lowest BCUT2D eigenvalue weighted by Gasteiger charge is -2.17. The molecule has 1 aliphatic heterocycles. The summed E-state index contributed by atoms with van der Waals surface area (Å²) >= 11 is 0. The number of nitrogens with one attached hydrogen (secondary N) is 1. The Morgan fingerprint density at radius 3 is 2.57 bits per heavy atom. The van der Waals surface area contributed by atoms with Gasteiger partial charge < -0.3 is 10.2 Å². The molecule has 1 saturated heterocycles. The standard InChI is InChI=1S/C9H14F2N2O/c1-12-7-5-13(4-6(7)10)8(14)9(11)2-3-9/h6-7,12H,2-5H2,1H3/t6-,7+/m0/s1. The number of likely N-dealkylation sites (N-methyl/N-ethyl adjacent to an activating group) is 1. The molecule has 2 atom stereocenters. The SMILES string of the molecule is CN[C@@H]1CN(C(=O)C2(F)CC2)C[C@@H]1F. The molecule has 0 aromatic rings. The Labute approximate surface area is 81.4 Å². The summed E-state index contributed by atoms with van der Waals surface area (Å²) < 4.78 is 26.6. The molecular formula is C9H14F2N2O. The molecule has 3 nitrogen and oxygen atoms in total. The highest BCUT2D eigenvalue weighted by Gasteiger charge is 2.54. The summed E-state index contributed by atoms with van der Waals surface area (Å²) in [4.78, 5) is 12.8. The number of nitrogens with zero attached hydrogens (tertiary/aromatic N) is 1. The quantitative estimate of drug-likeness (QED) is 0.699. The zero-order valence-corrected chi connectivity index (χ0v) is 8.09. The molecule has 1 saturated carbocycles. The maximum absolute atomic E-state index is 13.4. The maximum atomic E-state index is 13.4. The highest BCUT2D eigenvalue weighted by Crippen LogP contribution is 2.42. The van der Waals surface area contributed by atoms with Gasteiger partial charge in [0, 0.05) is 6.54 Å². The lowest BCUT2D eigenvalue weighted by Crippen LogP contribution is -2.39. The molecule has 14 heavy (non-hydrogen) atoms. The smallest absolute Gasteiger partial charge is 0.260 e. The monoisotopic (exact) mass is 204 g/mol. The van der Waals surface area contributed by atoms with Crippen LogP contribution in [0.1, 0.15) is 12.8 Å². The second-order valence-corrected chi connectivity index (χ2v) is 4.09. The van der Waals surface area contributed by atoms with Crippen LogP contribution in [0.4, 0.5) is 8.78 Å². The number of alkyl halides is 2. The minimum atomic E-state index is -1.66. The Hall–Kier alpha value is -0.710. The summed E-state index contributed by atoms with van der Waals surface area (Å²) in [5, 5.41) is 2.78. The van der Waals surface area contributed by atoms with Gasteiger partial charge in [-0.05, 0) is 19.9 Å². The number of hydrogen-bond acceptors (Lipinski definition) is 2. The van der Waals surface area contributed by atoms with Gasteiger partial charge in [0.25, 0.3) is 5.91 Å². The Balaban J connectivity index is 1.97. The Morgan fingerprint density at radius 2 is 2.14 bits per heavy atom. The van der Waals surface area contributed by atoms with Crippen LogP contribution in [0.15, 0.2) is 0 Å². The van der Waals surface area contributed by atoms with Crippen molar-refractivity contribution in [1.29, 1.82) is 0 Å². The van der Waals surface area contributed by atoms with Crippen molar-refractivity contribution in [3.05, 3.63) is 0 Å². The molecule has 1 N–H and O–H groups in total. The predicted molar refractivity (Wildman–Crippen MR) is 47.4 cm³/mol. The highest BCUT2D eigenvalue weighted by molar-refractivity contribution is 5.88. The van der Waals surface area contributed by atoms with Gasteiger partial charge in [-0.1, -0.05) is 0 Å². The summed E-state index contributed by atoms with van der Waals surface area (Å²) in [5.74, 6) is -0.530. The van der Waals surface area contributed by atoms with E-state index in [1.807, 2.05) is 0 Å². The molecule has 0 aromatic carbocycles. The molecule has 2 aliphatic rings. The number of hydrogen-bond donors (Lipinski definition) is 1. The van der Waals surface area contributed by atoms with E-state index >= 15 is 0 Å². The number of amides is 1. The molecule has 0 radical (unpaired) electrons. The lowest BCUT2D eigenvalue weighted by molar-refractivity contribution is -0.137. The average molecular weight is 204 g/mol. The minimum absolute atomic E-state index is 0.0238. The van der Waals surface area contributed by atoms with Gasteiger partial charge in [-0.2, -0.15) is 0 Å². The third kappa shape index (κ3) is 1.49. The Bertz CT molecular complexity index is 255. The first kappa shape index (κ1) is 9.83. The Morgan fingerprint density at radius 1 is 1.50 bits per heavy atom. The summed E-state index contributed by atoms with van der Waals surface area (Å²) in [6, 6.07) is -0.346. The summed E-state index contributed by atoms with van der Waals surface area (Å²) in [6.45, 7) is 0.304. The van der Waals surface area contributed by atoms with Gasteiger partial charge in [0.15, 0.2) is 5.67 Å². The number of likely N-dealkylation sites (tertiary alicyclic amines) is 1. The van der Waals surface area contributed by atoms with Crippen LogP contribution in [-0.4, -0.2) is 48.8 Å². The fraction of sp³-hybridized carbons (Fsp3) is 0.889. The topological polar surface area (TPSA) is 32.3 Å². The van der Waals surface area contributed by atoms with Crippen LogP contribution < -0.4 is 5.32 Å². The summed E-state index contributed by atoms with van der Waals surface area (Å²) in [7, 11) is 1.65. The van der Waals surface area contributed by atoms with Crippen molar-refractivity contribution in [1.82, 2.24) is 10.2 Å². The van der Waals surface area contributed by atoms with Crippen LogP contribution in [0.3, 0.4) is 0 Å². The van der Waals surface area contributed by atoms with Crippen LogP contribution in [0.25, 0.3) is 0 Å². The fourth-order valence-corrected chi connectivity index (χ4v) is 1.81. The van der Waals surface area contributed by atoms with Gasteiger partial charge in [0.2, 0.25) is 0 Å². The predicted octanol–water partition coefficient (Wildman–Crippen LogP) is 0.257. The van der Waals surface area contributed by atoms with E-state index in [0.717, 1.165) is 0 Å². The number of rotatable bonds is 2.